The van der Waals surface area contributed by atoms with Crippen LogP contribution in [0.15, 0.2) is 11.1 Å². The summed E-state index contributed by atoms with van der Waals surface area (Å²) in [6, 6.07) is 0.111. The van der Waals surface area contributed by atoms with E-state index in [1.54, 1.807) is 6.92 Å². The van der Waals surface area contributed by atoms with Gasteiger partial charge in [-0.05, 0) is 19.8 Å². The van der Waals surface area contributed by atoms with Crippen LogP contribution in [-0.4, -0.2) is 47.6 Å². The summed E-state index contributed by atoms with van der Waals surface area (Å²) in [4.78, 5) is 36.6. The van der Waals surface area contributed by atoms with Crippen LogP contribution in [0.4, 0.5) is 0 Å². The topological polar surface area (TPSA) is 75.7 Å². The fourth-order valence-corrected chi connectivity index (χ4v) is 2.82. The highest BCUT2D eigenvalue weighted by molar-refractivity contribution is 8.04. The maximum atomic E-state index is 12.0. The summed E-state index contributed by atoms with van der Waals surface area (Å²) in [5.74, 6) is -0.645. The number of amides is 2. The number of thioether (sulfide) groups is 1. The molecule has 1 heterocycles. The highest BCUT2D eigenvalue weighted by Gasteiger charge is 2.29. The maximum Gasteiger partial charge on any atom is 0.333 e. The van der Waals surface area contributed by atoms with Gasteiger partial charge in [0.2, 0.25) is 11.8 Å². The number of hydrogen-bond donors (Lipinski definition) is 1. The minimum Gasteiger partial charge on any atom is -0.463 e. The second kappa shape index (κ2) is 8.71. The molecule has 7 heteroatoms. The van der Waals surface area contributed by atoms with Gasteiger partial charge < -0.3 is 10.1 Å². The molecule has 0 saturated carbocycles. The molecule has 21 heavy (non-hydrogen) atoms. The molecule has 0 aromatic carbocycles. The summed E-state index contributed by atoms with van der Waals surface area (Å²) in [6.45, 7) is 5.92. The molecular weight excluding hydrogens is 292 g/mol. The summed E-state index contributed by atoms with van der Waals surface area (Å²) in [5, 5.41) is 3.35. The van der Waals surface area contributed by atoms with Crippen molar-refractivity contribution in [2.75, 3.05) is 18.9 Å². The van der Waals surface area contributed by atoms with E-state index in [2.05, 4.69) is 5.32 Å². The number of ether oxygens (including phenoxy) is 1. The van der Waals surface area contributed by atoms with Crippen LogP contribution in [0.5, 0.6) is 0 Å². The van der Waals surface area contributed by atoms with E-state index in [0.29, 0.717) is 5.03 Å². The van der Waals surface area contributed by atoms with Crippen molar-refractivity contribution in [3.8, 4) is 0 Å². The van der Waals surface area contributed by atoms with E-state index in [-0.39, 0.29) is 36.8 Å². The van der Waals surface area contributed by atoms with Crippen LogP contribution in [0.25, 0.3) is 0 Å². The monoisotopic (exact) mass is 314 g/mol. The molecule has 1 fully saturated rings. The Morgan fingerprint density at radius 1 is 1.38 bits per heavy atom. The molecule has 1 aliphatic heterocycles. The molecule has 2 amide bonds. The second-order valence-electron chi connectivity index (χ2n) is 4.58. The molecule has 0 bridgehead atoms. The highest BCUT2D eigenvalue weighted by atomic mass is 32.2. The number of rotatable bonds is 7. The zero-order valence-corrected chi connectivity index (χ0v) is 13.5. The summed E-state index contributed by atoms with van der Waals surface area (Å²) in [6.07, 6.45) is 2.95. The SMILES string of the molecule is CCOC(=O)/C=C1\SCC(=O)N1CC(=O)NC(CC)CC. The van der Waals surface area contributed by atoms with Crippen LogP contribution in [0, 0.1) is 0 Å². The lowest BCUT2D eigenvalue weighted by molar-refractivity contribution is -0.137. The molecule has 118 valence electrons. The first-order valence-corrected chi connectivity index (χ1v) is 8.11. The molecule has 1 N–H and O–H groups in total. The molecule has 0 unspecified atom stereocenters. The van der Waals surface area contributed by atoms with Crippen molar-refractivity contribution in [1.82, 2.24) is 10.2 Å². The van der Waals surface area contributed by atoms with Crippen LogP contribution in [0.1, 0.15) is 33.6 Å². The summed E-state index contributed by atoms with van der Waals surface area (Å²) in [7, 11) is 0. The lowest BCUT2D eigenvalue weighted by Crippen LogP contribution is -2.42. The Balaban J connectivity index is 2.67. The van der Waals surface area contributed by atoms with Crippen molar-refractivity contribution < 1.29 is 19.1 Å². The van der Waals surface area contributed by atoms with Gasteiger partial charge in [0, 0.05) is 6.04 Å². The van der Waals surface area contributed by atoms with Gasteiger partial charge in [0.25, 0.3) is 0 Å². The number of carbonyl (C=O) groups is 3. The fourth-order valence-electron chi connectivity index (χ4n) is 1.89. The van der Waals surface area contributed by atoms with E-state index in [4.69, 9.17) is 4.74 Å². The Bertz CT molecular complexity index is 433. The van der Waals surface area contributed by atoms with Gasteiger partial charge in [-0.3, -0.25) is 14.5 Å². The Kier molecular flexibility index (Phi) is 7.28. The molecule has 0 spiro atoms. The van der Waals surface area contributed by atoms with Crippen molar-refractivity contribution in [2.24, 2.45) is 0 Å². The summed E-state index contributed by atoms with van der Waals surface area (Å²) in [5.41, 5.74) is 0. The van der Waals surface area contributed by atoms with Crippen molar-refractivity contribution in [2.45, 2.75) is 39.7 Å². The third kappa shape index (κ3) is 5.41. The largest absolute Gasteiger partial charge is 0.463 e. The van der Waals surface area contributed by atoms with E-state index in [1.165, 1.54) is 22.7 Å². The Labute approximate surface area is 129 Å². The molecule has 0 aliphatic carbocycles. The average Bonchev–Trinajstić information content (AvgIpc) is 2.78. The van der Waals surface area contributed by atoms with Crippen molar-refractivity contribution in [3.63, 3.8) is 0 Å². The van der Waals surface area contributed by atoms with Crippen LogP contribution in [0.2, 0.25) is 0 Å². The second-order valence-corrected chi connectivity index (χ2v) is 5.58. The van der Waals surface area contributed by atoms with Crippen molar-refractivity contribution in [3.05, 3.63) is 11.1 Å². The van der Waals surface area contributed by atoms with Gasteiger partial charge in [0.15, 0.2) is 0 Å². The third-order valence-corrected chi connectivity index (χ3v) is 4.12. The molecule has 6 nitrogen and oxygen atoms in total. The van der Waals surface area contributed by atoms with E-state index >= 15 is 0 Å². The molecule has 1 saturated heterocycles. The number of nitrogens with zero attached hydrogens (tertiary/aromatic N) is 1. The average molecular weight is 314 g/mol. The van der Waals surface area contributed by atoms with Crippen molar-refractivity contribution in [1.29, 1.82) is 0 Å². The number of carbonyl (C=O) groups excluding carboxylic acids is 3. The zero-order chi connectivity index (χ0) is 15.8. The van der Waals surface area contributed by atoms with E-state index in [1.807, 2.05) is 13.8 Å². The Morgan fingerprint density at radius 2 is 2.05 bits per heavy atom. The van der Waals surface area contributed by atoms with Gasteiger partial charge in [0.05, 0.1) is 23.5 Å². The Hall–Kier alpha value is -1.50. The molecular formula is C14H22N2O4S. The van der Waals surface area contributed by atoms with Crippen LogP contribution in [-0.2, 0) is 19.1 Å². The van der Waals surface area contributed by atoms with Crippen LogP contribution in [0.3, 0.4) is 0 Å². The van der Waals surface area contributed by atoms with Gasteiger partial charge in [-0.25, -0.2) is 4.79 Å². The fraction of sp³-hybridized carbons (Fsp3) is 0.643. The van der Waals surface area contributed by atoms with Crippen LogP contribution >= 0.6 is 11.8 Å². The molecule has 1 rings (SSSR count). The number of esters is 1. The first-order chi connectivity index (χ1) is 10.0. The predicted octanol–water partition coefficient (Wildman–Crippen LogP) is 1.27. The van der Waals surface area contributed by atoms with Gasteiger partial charge in [-0.2, -0.15) is 0 Å². The van der Waals surface area contributed by atoms with Gasteiger partial charge >= 0.3 is 5.97 Å². The molecule has 0 aromatic rings. The lowest BCUT2D eigenvalue weighted by atomic mass is 10.2. The number of nitrogens with one attached hydrogen (secondary N) is 1. The zero-order valence-electron chi connectivity index (χ0n) is 12.7. The number of hydrogen-bond acceptors (Lipinski definition) is 5. The normalized spacial score (nSPS) is 16.7. The molecule has 0 atom stereocenters. The smallest absolute Gasteiger partial charge is 0.333 e. The highest BCUT2D eigenvalue weighted by Crippen LogP contribution is 2.28. The van der Waals surface area contributed by atoms with Crippen LogP contribution < -0.4 is 5.32 Å². The standard InChI is InChI=1S/C14H22N2O4S/c1-4-10(5-2)15-11(17)8-16-12(18)9-21-13(16)7-14(19)20-6-3/h7,10H,4-6,8-9H2,1-3H3,(H,15,17)/b13-7-. The quantitative estimate of drug-likeness (QED) is 0.566. The minimum atomic E-state index is -0.500. The first kappa shape index (κ1) is 17.6. The van der Waals surface area contributed by atoms with Gasteiger partial charge in [-0.15, -0.1) is 0 Å². The van der Waals surface area contributed by atoms with Crippen molar-refractivity contribution >= 4 is 29.5 Å². The summed E-state index contributed by atoms with van der Waals surface area (Å²) < 4.78 is 4.82. The van der Waals surface area contributed by atoms with E-state index in [0.717, 1.165) is 12.8 Å². The summed E-state index contributed by atoms with van der Waals surface area (Å²) >= 11 is 1.24. The molecule has 0 aromatic heterocycles. The maximum absolute atomic E-state index is 12.0. The van der Waals surface area contributed by atoms with Gasteiger partial charge in [0.1, 0.15) is 6.54 Å². The predicted molar refractivity (Wildman–Crippen MR) is 81.4 cm³/mol. The lowest BCUT2D eigenvalue weighted by Gasteiger charge is -2.19. The molecule has 0 radical (unpaired) electrons. The first-order valence-electron chi connectivity index (χ1n) is 7.12. The Morgan fingerprint density at radius 3 is 2.62 bits per heavy atom. The van der Waals surface area contributed by atoms with E-state index < -0.39 is 5.97 Å². The minimum absolute atomic E-state index is 0.0619. The molecule has 1 aliphatic rings. The van der Waals surface area contributed by atoms with Gasteiger partial charge in [-0.1, -0.05) is 25.6 Å². The van der Waals surface area contributed by atoms with E-state index in [9.17, 15) is 14.4 Å². The third-order valence-electron chi connectivity index (χ3n) is 3.09.